The van der Waals surface area contributed by atoms with Crippen molar-refractivity contribution >= 4 is 27.5 Å². The molecule has 106 valence electrons. The maximum absolute atomic E-state index is 12.4. The van der Waals surface area contributed by atoms with Gasteiger partial charge >= 0.3 is 0 Å². The van der Waals surface area contributed by atoms with Gasteiger partial charge in [-0.3, -0.25) is 14.9 Å². The SMILES string of the molecule is CC(C)N(CCCBr)C(=O)c1cc([N+](=O)[O-])cn1C. The lowest BCUT2D eigenvalue weighted by atomic mass is 10.2. The normalized spacial score (nSPS) is 10.8. The molecule has 7 heteroatoms. The highest BCUT2D eigenvalue weighted by Crippen LogP contribution is 2.18. The number of alkyl halides is 1. The van der Waals surface area contributed by atoms with Crippen molar-refractivity contribution in [3.8, 4) is 0 Å². The van der Waals surface area contributed by atoms with Gasteiger partial charge in [-0.15, -0.1) is 0 Å². The average Bonchev–Trinajstić information content (AvgIpc) is 2.71. The van der Waals surface area contributed by atoms with Crippen molar-refractivity contribution < 1.29 is 9.72 Å². The molecule has 0 bridgehead atoms. The number of rotatable bonds is 6. The molecule has 0 aliphatic rings. The summed E-state index contributed by atoms with van der Waals surface area (Å²) >= 11 is 3.34. The number of carbonyl (C=O) groups excluding carboxylic acids is 1. The van der Waals surface area contributed by atoms with Gasteiger partial charge in [0, 0.05) is 31.0 Å². The van der Waals surface area contributed by atoms with Crippen molar-refractivity contribution in [3.05, 3.63) is 28.1 Å². The lowest BCUT2D eigenvalue weighted by Crippen LogP contribution is -2.38. The van der Waals surface area contributed by atoms with Gasteiger partial charge in [-0.1, -0.05) is 15.9 Å². The Morgan fingerprint density at radius 3 is 2.63 bits per heavy atom. The highest BCUT2D eigenvalue weighted by Gasteiger charge is 2.23. The molecule has 0 spiro atoms. The quantitative estimate of drug-likeness (QED) is 0.457. The van der Waals surface area contributed by atoms with Crippen LogP contribution in [0.1, 0.15) is 30.8 Å². The molecule has 0 fully saturated rings. The first-order chi connectivity index (χ1) is 8.88. The summed E-state index contributed by atoms with van der Waals surface area (Å²) in [5.41, 5.74) is 0.282. The Bertz CT molecular complexity index is 471. The van der Waals surface area contributed by atoms with Gasteiger partial charge in [0.2, 0.25) is 0 Å². The summed E-state index contributed by atoms with van der Waals surface area (Å²) in [5, 5.41) is 11.5. The van der Waals surface area contributed by atoms with Gasteiger partial charge in [-0.05, 0) is 20.3 Å². The van der Waals surface area contributed by atoms with Crippen molar-refractivity contribution in [2.75, 3.05) is 11.9 Å². The van der Waals surface area contributed by atoms with Gasteiger partial charge in [0.1, 0.15) is 5.69 Å². The van der Waals surface area contributed by atoms with Crippen LogP contribution in [-0.4, -0.2) is 38.2 Å². The van der Waals surface area contributed by atoms with E-state index >= 15 is 0 Å². The third-order valence-corrected chi connectivity index (χ3v) is 3.40. The number of aryl methyl sites for hydroxylation is 1. The monoisotopic (exact) mass is 331 g/mol. The fourth-order valence-electron chi connectivity index (χ4n) is 1.83. The van der Waals surface area contributed by atoms with Crippen LogP contribution in [0, 0.1) is 10.1 Å². The first kappa shape index (κ1) is 15.7. The fourth-order valence-corrected chi connectivity index (χ4v) is 2.08. The number of nitro groups is 1. The minimum absolute atomic E-state index is 0.0560. The van der Waals surface area contributed by atoms with Crippen LogP contribution in [0.3, 0.4) is 0 Å². The first-order valence-corrected chi connectivity index (χ1v) is 7.18. The third kappa shape index (κ3) is 3.79. The van der Waals surface area contributed by atoms with Crippen molar-refractivity contribution in [3.63, 3.8) is 0 Å². The molecular weight excluding hydrogens is 314 g/mol. The smallest absolute Gasteiger partial charge is 0.287 e. The Hall–Kier alpha value is -1.37. The molecule has 0 unspecified atom stereocenters. The largest absolute Gasteiger partial charge is 0.340 e. The molecule has 1 amide bonds. The first-order valence-electron chi connectivity index (χ1n) is 6.06. The van der Waals surface area contributed by atoms with Crippen LogP contribution in [0.5, 0.6) is 0 Å². The molecule has 0 aliphatic heterocycles. The summed E-state index contributed by atoms with van der Waals surface area (Å²) in [6.45, 7) is 4.49. The zero-order chi connectivity index (χ0) is 14.6. The molecule has 1 aromatic rings. The van der Waals surface area contributed by atoms with Gasteiger partial charge in [-0.25, -0.2) is 0 Å². The van der Waals surface area contributed by atoms with Crippen LogP contribution < -0.4 is 0 Å². The molecule has 0 aromatic carbocycles. The summed E-state index contributed by atoms with van der Waals surface area (Å²) in [4.78, 5) is 24.4. The molecule has 0 N–H and O–H groups in total. The van der Waals surface area contributed by atoms with Crippen LogP contribution in [-0.2, 0) is 7.05 Å². The highest BCUT2D eigenvalue weighted by atomic mass is 79.9. The van der Waals surface area contributed by atoms with E-state index < -0.39 is 4.92 Å². The van der Waals surface area contributed by atoms with Crippen LogP contribution in [0.25, 0.3) is 0 Å². The Labute approximate surface area is 120 Å². The van der Waals surface area contributed by atoms with E-state index in [4.69, 9.17) is 0 Å². The van der Waals surface area contributed by atoms with Crippen molar-refractivity contribution in [1.82, 2.24) is 9.47 Å². The van der Waals surface area contributed by atoms with Gasteiger partial charge in [0.25, 0.3) is 11.6 Å². The second kappa shape index (κ2) is 6.70. The van der Waals surface area contributed by atoms with Crippen LogP contribution >= 0.6 is 15.9 Å². The number of nitrogens with zero attached hydrogens (tertiary/aromatic N) is 3. The molecular formula is C12H18BrN3O3. The number of hydrogen-bond acceptors (Lipinski definition) is 3. The summed E-state index contributed by atoms with van der Waals surface area (Å²) in [6, 6.07) is 1.38. The van der Waals surface area contributed by atoms with Crippen molar-refractivity contribution in [2.24, 2.45) is 7.05 Å². The predicted octanol–water partition coefficient (Wildman–Crippen LogP) is 2.57. The topological polar surface area (TPSA) is 68.4 Å². The minimum Gasteiger partial charge on any atom is -0.340 e. The van der Waals surface area contributed by atoms with Gasteiger partial charge in [-0.2, -0.15) is 0 Å². The van der Waals surface area contributed by atoms with Gasteiger partial charge in [0.05, 0.1) is 11.1 Å². The summed E-state index contributed by atoms with van der Waals surface area (Å²) in [7, 11) is 1.64. The molecule has 0 radical (unpaired) electrons. The fraction of sp³-hybridized carbons (Fsp3) is 0.583. The molecule has 0 saturated heterocycles. The van der Waals surface area contributed by atoms with E-state index in [2.05, 4.69) is 15.9 Å². The number of hydrogen-bond donors (Lipinski definition) is 0. The second-order valence-electron chi connectivity index (χ2n) is 4.59. The molecule has 19 heavy (non-hydrogen) atoms. The van der Waals surface area contributed by atoms with Crippen molar-refractivity contribution in [2.45, 2.75) is 26.3 Å². The molecule has 1 aromatic heterocycles. The molecule has 6 nitrogen and oxygen atoms in total. The number of carbonyl (C=O) groups is 1. The Kier molecular flexibility index (Phi) is 5.53. The van der Waals surface area contributed by atoms with E-state index in [0.717, 1.165) is 11.8 Å². The van der Waals surface area contributed by atoms with Crippen LogP contribution in [0.15, 0.2) is 12.3 Å². The number of amides is 1. The molecule has 0 aliphatic carbocycles. The van der Waals surface area contributed by atoms with Gasteiger partial charge < -0.3 is 9.47 Å². The summed E-state index contributed by atoms with van der Waals surface area (Å²) < 4.78 is 1.50. The lowest BCUT2D eigenvalue weighted by Gasteiger charge is -2.26. The maximum Gasteiger partial charge on any atom is 0.287 e. The Balaban J connectivity index is 2.99. The van der Waals surface area contributed by atoms with E-state index in [-0.39, 0.29) is 17.6 Å². The maximum atomic E-state index is 12.4. The Morgan fingerprint density at radius 2 is 2.21 bits per heavy atom. The van der Waals surface area contributed by atoms with Crippen LogP contribution in [0.2, 0.25) is 0 Å². The lowest BCUT2D eigenvalue weighted by molar-refractivity contribution is -0.384. The van der Waals surface area contributed by atoms with Crippen LogP contribution in [0.4, 0.5) is 5.69 Å². The van der Waals surface area contributed by atoms with E-state index in [1.165, 1.54) is 16.8 Å². The average molecular weight is 332 g/mol. The van der Waals surface area contributed by atoms with Crippen molar-refractivity contribution in [1.29, 1.82) is 0 Å². The van der Waals surface area contributed by atoms with E-state index in [1.807, 2.05) is 13.8 Å². The summed E-state index contributed by atoms with van der Waals surface area (Å²) in [6.07, 6.45) is 2.20. The molecule has 1 rings (SSSR count). The highest BCUT2D eigenvalue weighted by molar-refractivity contribution is 9.09. The third-order valence-electron chi connectivity index (χ3n) is 2.84. The molecule has 0 saturated carbocycles. The second-order valence-corrected chi connectivity index (χ2v) is 5.38. The zero-order valence-electron chi connectivity index (χ0n) is 11.3. The van der Waals surface area contributed by atoms with Gasteiger partial charge in [0.15, 0.2) is 0 Å². The number of halogens is 1. The minimum atomic E-state index is -0.491. The zero-order valence-corrected chi connectivity index (χ0v) is 12.9. The Morgan fingerprint density at radius 1 is 1.58 bits per heavy atom. The molecule has 0 atom stereocenters. The summed E-state index contributed by atoms with van der Waals surface area (Å²) in [5.74, 6) is -0.174. The number of aromatic nitrogens is 1. The van der Waals surface area contributed by atoms with E-state index in [9.17, 15) is 14.9 Å². The standard InChI is InChI=1S/C12H18BrN3O3/c1-9(2)15(6-4-5-13)12(17)11-7-10(16(18)19)8-14(11)3/h7-9H,4-6H2,1-3H3. The van der Waals surface area contributed by atoms with E-state index in [0.29, 0.717) is 12.2 Å². The predicted molar refractivity (Wildman–Crippen MR) is 76.7 cm³/mol. The molecule has 1 heterocycles. The van der Waals surface area contributed by atoms with E-state index in [1.54, 1.807) is 11.9 Å².